The highest BCUT2D eigenvalue weighted by molar-refractivity contribution is 7.89. The van der Waals surface area contributed by atoms with Crippen LogP contribution in [0.25, 0.3) is 11.1 Å². The minimum Gasteiger partial charge on any atom is -0.339 e. The Morgan fingerprint density at radius 2 is 1.64 bits per heavy atom. The van der Waals surface area contributed by atoms with Crippen LogP contribution in [-0.4, -0.2) is 36.8 Å². The number of aromatic nitrogens is 2. The minimum atomic E-state index is -3.42. The molecule has 128 valence electrons. The first-order chi connectivity index (χ1) is 12.0. The Morgan fingerprint density at radius 3 is 2.20 bits per heavy atom. The van der Waals surface area contributed by atoms with E-state index in [1.54, 1.807) is 42.9 Å². The molecule has 1 aromatic carbocycles. The average Bonchev–Trinajstić information content (AvgIpc) is 2.63. The maximum atomic E-state index is 12.1. The van der Waals surface area contributed by atoms with Crippen molar-refractivity contribution in [1.29, 1.82) is 0 Å². The third-order valence-electron chi connectivity index (χ3n) is 3.66. The van der Waals surface area contributed by atoms with Crippen LogP contribution in [0, 0.1) is 0 Å². The molecule has 6 nitrogen and oxygen atoms in total. The minimum absolute atomic E-state index is 0.268. The summed E-state index contributed by atoms with van der Waals surface area (Å²) in [4.78, 5) is 8.70. The van der Waals surface area contributed by atoms with Gasteiger partial charge in [0.25, 0.3) is 0 Å². The van der Waals surface area contributed by atoms with E-state index in [0.29, 0.717) is 5.82 Å². The molecule has 0 aliphatic heterocycles. The Labute approximate surface area is 147 Å². The third-order valence-corrected chi connectivity index (χ3v) is 5.49. The van der Waals surface area contributed by atoms with Gasteiger partial charge in [-0.25, -0.2) is 17.7 Å². The first kappa shape index (κ1) is 17.1. The van der Waals surface area contributed by atoms with Crippen molar-refractivity contribution in [2.24, 2.45) is 0 Å². The molecular formula is C18H18N4O2S. The summed E-state index contributed by atoms with van der Waals surface area (Å²) in [6, 6.07) is 14.3. The van der Waals surface area contributed by atoms with Gasteiger partial charge >= 0.3 is 0 Å². The number of benzene rings is 1. The van der Waals surface area contributed by atoms with Crippen LogP contribution in [0.4, 0.5) is 11.5 Å². The lowest BCUT2D eigenvalue weighted by Crippen LogP contribution is -2.22. The summed E-state index contributed by atoms with van der Waals surface area (Å²) in [5, 5.41) is 3.17. The highest BCUT2D eigenvalue weighted by Crippen LogP contribution is 2.23. The van der Waals surface area contributed by atoms with E-state index in [1.165, 1.54) is 18.4 Å². The van der Waals surface area contributed by atoms with E-state index in [4.69, 9.17) is 0 Å². The van der Waals surface area contributed by atoms with Crippen molar-refractivity contribution >= 4 is 21.5 Å². The molecule has 7 heteroatoms. The summed E-state index contributed by atoms with van der Waals surface area (Å²) >= 11 is 0. The molecule has 0 saturated carbocycles. The van der Waals surface area contributed by atoms with Gasteiger partial charge in [-0.05, 0) is 42.0 Å². The standard InChI is InChI=1S/C18H18N4O2S/c1-22(2)25(23,24)17-8-5-14(6-9-17)15-7-10-18(20-12-15)21-16-4-3-11-19-13-16/h3-13H,1-2H3,(H,20,21). The Balaban J connectivity index is 1.79. The van der Waals surface area contributed by atoms with E-state index in [2.05, 4.69) is 15.3 Å². The predicted molar refractivity (Wildman–Crippen MR) is 98.1 cm³/mol. The van der Waals surface area contributed by atoms with Crippen LogP contribution in [-0.2, 0) is 10.0 Å². The lowest BCUT2D eigenvalue weighted by atomic mass is 10.1. The quantitative estimate of drug-likeness (QED) is 0.762. The number of hydrogen-bond acceptors (Lipinski definition) is 5. The van der Waals surface area contributed by atoms with Crippen LogP contribution in [0.2, 0.25) is 0 Å². The number of nitrogens with one attached hydrogen (secondary N) is 1. The zero-order chi connectivity index (χ0) is 17.9. The first-order valence-electron chi connectivity index (χ1n) is 7.63. The molecule has 0 unspecified atom stereocenters. The maximum absolute atomic E-state index is 12.1. The molecule has 25 heavy (non-hydrogen) atoms. The van der Waals surface area contributed by atoms with Gasteiger partial charge in [-0.2, -0.15) is 0 Å². The average molecular weight is 354 g/mol. The Bertz CT molecular complexity index is 939. The number of pyridine rings is 2. The van der Waals surface area contributed by atoms with Crippen molar-refractivity contribution < 1.29 is 8.42 Å². The zero-order valence-electron chi connectivity index (χ0n) is 13.9. The molecule has 0 atom stereocenters. The lowest BCUT2D eigenvalue weighted by Gasteiger charge is -2.11. The van der Waals surface area contributed by atoms with Crippen molar-refractivity contribution in [3.8, 4) is 11.1 Å². The molecule has 2 aromatic heterocycles. The number of nitrogens with zero attached hydrogens (tertiary/aromatic N) is 3. The second-order valence-corrected chi connectivity index (χ2v) is 7.76. The van der Waals surface area contributed by atoms with Crippen molar-refractivity contribution in [2.75, 3.05) is 19.4 Å². The fraction of sp³-hybridized carbons (Fsp3) is 0.111. The second-order valence-electron chi connectivity index (χ2n) is 5.61. The van der Waals surface area contributed by atoms with Gasteiger partial charge in [0, 0.05) is 32.1 Å². The molecule has 0 fully saturated rings. The fourth-order valence-corrected chi connectivity index (χ4v) is 3.15. The maximum Gasteiger partial charge on any atom is 0.242 e. The Morgan fingerprint density at radius 1 is 0.920 bits per heavy atom. The van der Waals surface area contributed by atoms with Gasteiger partial charge in [-0.3, -0.25) is 4.98 Å². The molecule has 0 radical (unpaired) electrons. The van der Waals surface area contributed by atoms with Gasteiger partial charge in [-0.1, -0.05) is 12.1 Å². The van der Waals surface area contributed by atoms with Gasteiger partial charge in [0.1, 0.15) is 5.82 Å². The summed E-state index contributed by atoms with van der Waals surface area (Å²) in [7, 11) is -0.385. The summed E-state index contributed by atoms with van der Waals surface area (Å²) in [5.74, 6) is 0.712. The van der Waals surface area contributed by atoms with Crippen LogP contribution in [0.3, 0.4) is 0 Å². The zero-order valence-corrected chi connectivity index (χ0v) is 14.7. The lowest BCUT2D eigenvalue weighted by molar-refractivity contribution is 0.521. The number of hydrogen-bond donors (Lipinski definition) is 1. The highest BCUT2D eigenvalue weighted by Gasteiger charge is 2.16. The first-order valence-corrected chi connectivity index (χ1v) is 9.07. The molecule has 2 heterocycles. The van der Waals surface area contributed by atoms with Gasteiger partial charge in [-0.15, -0.1) is 0 Å². The molecule has 0 saturated heterocycles. The van der Waals surface area contributed by atoms with Crippen LogP contribution < -0.4 is 5.32 Å². The molecule has 0 spiro atoms. The molecule has 1 N–H and O–H groups in total. The molecule has 3 rings (SSSR count). The fourth-order valence-electron chi connectivity index (χ4n) is 2.25. The summed E-state index contributed by atoms with van der Waals surface area (Å²) in [6.07, 6.45) is 5.18. The van der Waals surface area contributed by atoms with Crippen molar-refractivity contribution in [3.05, 3.63) is 67.1 Å². The Kier molecular flexibility index (Phi) is 4.78. The normalized spacial score (nSPS) is 11.5. The smallest absolute Gasteiger partial charge is 0.242 e. The topological polar surface area (TPSA) is 75.2 Å². The van der Waals surface area contributed by atoms with E-state index in [1.807, 2.05) is 24.3 Å². The van der Waals surface area contributed by atoms with Crippen molar-refractivity contribution in [2.45, 2.75) is 4.90 Å². The van der Waals surface area contributed by atoms with Crippen molar-refractivity contribution in [3.63, 3.8) is 0 Å². The van der Waals surface area contributed by atoms with E-state index in [9.17, 15) is 8.42 Å². The van der Waals surface area contributed by atoms with Gasteiger partial charge in [0.15, 0.2) is 0 Å². The molecule has 0 aliphatic carbocycles. The number of rotatable bonds is 5. The second kappa shape index (κ2) is 7.00. The van der Waals surface area contributed by atoms with Crippen LogP contribution in [0.5, 0.6) is 0 Å². The molecule has 0 bridgehead atoms. The van der Waals surface area contributed by atoms with E-state index < -0.39 is 10.0 Å². The van der Waals surface area contributed by atoms with Gasteiger partial charge < -0.3 is 5.32 Å². The van der Waals surface area contributed by atoms with Gasteiger partial charge in [0.05, 0.1) is 16.8 Å². The molecule has 0 amide bonds. The number of anilines is 2. The molecular weight excluding hydrogens is 336 g/mol. The van der Waals surface area contributed by atoms with E-state index >= 15 is 0 Å². The van der Waals surface area contributed by atoms with Crippen LogP contribution in [0.15, 0.2) is 72.0 Å². The monoisotopic (exact) mass is 354 g/mol. The summed E-state index contributed by atoms with van der Waals surface area (Å²) < 4.78 is 25.4. The highest BCUT2D eigenvalue weighted by atomic mass is 32.2. The van der Waals surface area contributed by atoms with E-state index in [0.717, 1.165) is 16.8 Å². The van der Waals surface area contributed by atoms with Crippen LogP contribution in [0.1, 0.15) is 0 Å². The molecule has 0 aliphatic rings. The Hall–Kier alpha value is -2.77. The van der Waals surface area contributed by atoms with Crippen LogP contribution >= 0.6 is 0 Å². The van der Waals surface area contributed by atoms with E-state index in [-0.39, 0.29) is 4.90 Å². The van der Waals surface area contributed by atoms with Gasteiger partial charge in [0.2, 0.25) is 10.0 Å². The summed E-state index contributed by atoms with van der Waals surface area (Å²) in [6.45, 7) is 0. The third kappa shape index (κ3) is 3.84. The number of sulfonamides is 1. The SMILES string of the molecule is CN(C)S(=O)(=O)c1ccc(-c2ccc(Nc3cccnc3)nc2)cc1. The van der Waals surface area contributed by atoms with Crippen molar-refractivity contribution in [1.82, 2.24) is 14.3 Å². The molecule has 3 aromatic rings. The largest absolute Gasteiger partial charge is 0.339 e. The summed E-state index contributed by atoms with van der Waals surface area (Å²) in [5.41, 5.74) is 2.67. The predicted octanol–water partition coefficient (Wildman–Crippen LogP) is 3.14.